The van der Waals surface area contributed by atoms with E-state index in [-0.39, 0.29) is 11.2 Å². The third-order valence-electron chi connectivity index (χ3n) is 3.95. The highest BCUT2D eigenvalue weighted by molar-refractivity contribution is 7.80. The number of ether oxygens (including phenoxy) is 1. The molecular weight excluding hydrogens is 298 g/mol. The van der Waals surface area contributed by atoms with Gasteiger partial charge in [0.25, 0.3) is 0 Å². The lowest BCUT2D eigenvalue weighted by atomic mass is 9.84. The fourth-order valence-electron chi connectivity index (χ4n) is 3.04. The van der Waals surface area contributed by atoms with Crippen molar-refractivity contribution in [3.63, 3.8) is 0 Å². The van der Waals surface area contributed by atoms with Crippen LogP contribution < -0.4 is 10.5 Å². The fourth-order valence-corrected chi connectivity index (χ4v) is 3.36. The van der Waals surface area contributed by atoms with Gasteiger partial charge in [-0.15, -0.1) is 0 Å². The highest BCUT2D eigenvalue weighted by Crippen LogP contribution is 2.42. The second kappa shape index (κ2) is 5.75. The Morgan fingerprint density at radius 2 is 2.14 bits per heavy atom. The number of aliphatic hydroxyl groups is 1. The maximum Gasteiger partial charge on any atom is 0.167 e. The van der Waals surface area contributed by atoms with Gasteiger partial charge in [0.2, 0.25) is 0 Å². The van der Waals surface area contributed by atoms with Crippen molar-refractivity contribution in [2.45, 2.75) is 51.5 Å². The summed E-state index contributed by atoms with van der Waals surface area (Å²) in [7, 11) is 0. The summed E-state index contributed by atoms with van der Waals surface area (Å²) < 4.78 is 6.06. The number of nitrogens with zero attached hydrogens (tertiary/aromatic N) is 2. The monoisotopic (exact) mass is 319 g/mol. The number of rotatable bonds is 2. The molecule has 1 aromatic carbocycles. The number of nitriles is 1. The zero-order valence-corrected chi connectivity index (χ0v) is 14.0. The van der Waals surface area contributed by atoms with E-state index in [2.05, 4.69) is 6.07 Å². The van der Waals surface area contributed by atoms with E-state index in [4.69, 9.17) is 28.0 Å². The number of fused-ring (bicyclic) bond motifs is 1. The summed E-state index contributed by atoms with van der Waals surface area (Å²) in [4.78, 5) is 1.79. The van der Waals surface area contributed by atoms with Crippen molar-refractivity contribution in [3.05, 3.63) is 29.3 Å². The average molecular weight is 319 g/mol. The molecule has 0 amide bonds. The molecule has 0 unspecified atom stereocenters. The summed E-state index contributed by atoms with van der Waals surface area (Å²) in [6.07, 6.45) is -0.851. The molecule has 0 saturated carbocycles. The zero-order valence-electron chi connectivity index (χ0n) is 13.2. The van der Waals surface area contributed by atoms with Gasteiger partial charge in [0.05, 0.1) is 11.6 Å². The molecule has 1 aromatic rings. The Balaban J connectivity index is 2.55. The van der Waals surface area contributed by atoms with Crippen molar-refractivity contribution in [1.82, 2.24) is 4.90 Å². The molecule has 2 atom stereocenters. The van der Waals surface area contributed by atoms with Gasteiger partial charge in [0.1, 0.15) is 23.5 Å². The normalized spacial score (nSPS) is 22.4. The van der Waals surface area contributed by atoms with Gasteiger partial charge in [-0.2, -0.15) is 5.26 Å². The van der Waals surface area contributed by atoms with Crippen LogP contribution in [0.3, 0.4) is 0 Å². The van der Waals surface area contributed by atoms with Crippen LogP contribution in [-0.4, -0.2) is 32.8 Å². The molecule has 118 valence electrons. The molecule has 1 heterocycles. The van der Waals surface area contributed by atoms with E-state index < -0.39 is 17.7 Å². The summed E-state index contributed by atoms with van der Waals surface area (Å²) >= 11 is 5.16. The van der Waals surface area contributed by atoms with E-state index >= 15 is 0 Å². The minimum atomic E-state index is -0.851. The predicted molar refractivity (Wildman–Crippen MR) is 88.4 cm³/mol. The van der Waals surface area contributed by atoms with Crippen molar-refractivity contribution in [1.29, 1.82) is 5.26 Å². The number of benzene rings is 1. The predicted octanol–water partition coefficient (Wildman–Crippen LogP) is 2.09. The van der Waals surface area contributed by atoms with Crippen LogP contribution in [0.2, 0.25) is 0 Å². The molecule has 0 spiro atoms. The molecule has 0 saturated heterocycles. The lowest BCUT2D eigenvalue weighted by molar-refractivity contribution is -0.0678. The summed E-state index contributed by atoms with van der Waals surface area (Å²) in [5, 5.41) is 20.2. The van der Waals surface area contributed by atoms with E-state index in [0.717, 1.165) is 0 Å². The standard InChI is InChI=1S/C16H21N3O2S/c1-9(2)19(15(18)22)14-13(20)11-7-10(8-17)5-6-12(11)21-16(14,3)4/h5-7,9,13-14,20H,1-4H3,(H2,18,22)/t13-,14+/m0/s1. The third kappa shape index (κ3) is 2.74. The molecule has 1 aliphatic heterocycles. The summed E-state index contributed by atoms with van der Waals surface area (Å²) in [5.41, 5.74) is 6.25. The van der Waals surface area contributed by atoms with E-state index in [9.17, 15) is 5.11 Å². The number of hydrogen-bond acceptors (Lipinski definition) is 4. The first-order valence-corrected chi connectivity index (χ1v) is 7.58. The van der Waals surface area contributed by atoms with Gasteiger partial charge in [-0.1, -0.05) is 0 Å². The quantitative estimate of drug-likeness (QED) is 0.812. The molecule has 0 radical (unpaired) electrons. The second-order valence-corrected chi connectivity index (χ2v) is 6.72. The smallest absolute Gasteiger partial charge is 0.167 e. The van der Waals surface area contributed by atoms with Gasteiger partial charge in [-0.05, 0) is 58.1 Å². The Kier molecular flexibility index (Phi) is 4.32. The molecule has 22 heavy (non-hydrogen) atoms. The molecule has 0 aromatic heterocycles. The van der Waals surface area contributed by atoms with Gasteiger partial charge in [-0.3, -0.25) is 0 Å². The zero-order chi connectivity index (χ0) is 16.7. The van der Waals surface area contributed by atoms with Crippen molar-refractivity contribution in [2.75, 3.05) is 0 Å². The topological polar surface area (TPSA) is 82.5 Å². The largest absolute Gasteiger partial charge is 0.485 e. The van der Waals surface area contributed by atoms with Crippen LogP contribution in [-0.2, 0) is 0 Å². The van der Waals surface area contributed by atoms with Crippen LogP contribution in [0.5, 0.6) is 5.75 Å². The van der Waals surface area contributed by atoms with Crippen LogP contribution in [0.15, 0.2) is 18.2 Å². The number of nitrogens with two attached hydrogens (primary N) is 1. The number of thiocarbonyl (C=S) groups is 1. The minimum absolute atomic E-state index is 0.0146. The maximum absolute atomic E-state index is 10.9. The van der Waals surface area contributed by atoms with Crippen LogP contribution in [0.4, 0.5) is 0 Å². The van der Waals surface area contributed by atoms with Crippen molar-refractivity contribution in [3.8, 4) is 11.8 Å². The van der Waals surface area contributed by atoms with Gasteiger partial charge in [0.15, 0.2) is 5.11 Å². The molecule has 0 fully saturated rings. The highest BCUT2D eigenvalue weighted by Gasteiger charge is 2.47. The van der Waals surface area contributed by atoms with Crippen LogP contribution in [0.25, 0.3) is 0 Å². The summed E-state index contributed by atoms with van der Waals surface area (Å²) in [6, 6.07) is 6.70. The van der Waals surface area contributed by atoms with Crippen LogP contribution >= 0.6 is 12.2 Å². The van der Waals surface area contributed by atoms with Crippen molar-refractivity contribution in [2.24, 2.45) is 5.73 Å². The second-order valence-electron chi connectivity index (χ2n) is 6.30. The Bertz CT molecular complexity index is 637. The maximum atomic E-state index is 10.9. The Morgan fingerprint density at radius 3 is 2.64 bits per heavy atom. The number of aliphatic hydroxyl groups excluding tert-OH is 1. The third-order valence-corrected chi connectivity index (χ3v) is 4.16. The van der Waals surface area contributed by atoms with E-state index in [1.54, 1.807) is 23.1 Å². The molecule has 5 nitrogen and oxygen atoms in total. The van der Waals surface area contributed by atoms with Crippen molar-refractivity contribution < 1.29 is 9.84 Å². The van der Waals surface area contributed by atoms with Crippen molar-refractivity contribution >= 4 is 17.3 Å². The Labute approximate surface area is 136 Å². The van der Waals surface area contributed by atoms with E-state index in [1.807, 2.05) is 27.7 Å². The molecule has 6 heteroatoms. The molecule has 2 rings (SSSR count). The Hall–Kier alpha value is -1.84. The van der Waals surface area contributed by atoms with Gasteiger partial charge < -0.3 is 20.5 Å². The average Bonchev–Trinajstić information content (AvgIpc) is 2.41. The summed E-state index contributed by atoms with van der Waals surface area (Å²) in [5.74, 6) is 0.583. The first-order chi connectivity index (χ1) is 10.2. The highest BCUT2D eigenvalue weighted by atomic mass is 32.1. The van der Waals surface area contributed by atoms with Gasteiger partial charge in [0, 0.05) is 11.6 Å². The van der Waals surface area contributed by atoms with Gasteiger partial charge >= 0.3 is 0 Å². The molecule has 0 bridgehead atoms. The van der Waals surface area contributed by atoms with E-state index in [1.165, 1.54) is 0 Å². The lowest BCUT2D eigenvalue weighted by Crippen LogP contribution is -2.62. The number of hydrogen-bond donors (Lipinski definition) is 2. The van der Waals surface area contributed by atoms with Crippen LogP contribution in [0.1, 0.15) is 44.9 Å². The fraction of sp³-hybridized carbons (Fsp3) is 0.500. The molecule has 0 aliphatic carbocycles. The van der Waals surface area contributed by atoms with Gasteiger partial charge in [-0.25, -0.2) is 0 Å². The summed E-state index contributed by atoms with van der Waals surface area (Å²) in [6.45, 7) is 7.72. The SMILES string of the molecule is CC(C)N(C(N)=S)[C@@H]1[C@@H](O)c2cc(C#N)ccc2OC1(C)C. The molecular formula is C16H21N3O2S. The first-order valence-electron chi connectivity index (χ1n) is 7.18. The van der Waals surface area contributed by atoms with E-state index in [0.29, 0.717) is 16.9 Å². The Morgan fingerprint density at radius 1 is 1.50 bits per heavy atom. The minimum Gasteiger partial charge on any atom is -0.485 e. The lowest BCUT2D eigenvalue weighted by Gasteiger charge is -2.49. The molecule has 3 N–H and O–H groups in total. The first kappa shape index (κ1) is 16.5. The van der Waals surface area contributed by atoms with Crippen LogP contribution in [0, 0.1) is 11.3 Å². The molecule has 1 aliphatic rings.